The number of carbonyl (C=O) groups excluding carboxylic acids is 2. The molecule has 0 radical (unpaired) electrons. The molecule has 0 atom stereocenters. The molecule has 4 nitrogen and oxygen atoms in total. The van der Waals surface area contributed by atoms with Gasteiger partial charge in [0.25, 0.3) is 0 Å². The van der Waals surface area contributed by atoms with Gasteiger partial charge in [-0.15, -0.1) is 0 Å². The number of benzene rings is 2. The van der Waals surface area contributed by atoms with E-state index in [4.69, 9.17) is 10.5 Å². The van der Waals surface area contributed by atoms with Crippen LogP contribution in [-0.4, -0.2) is 16.9 Å². The molecule has 2 aromatic carbocycles. The summed E-state index contributed by atoms with van der Waals surface area (Å²) in [6.07, 6.45) is 0. The summed E-state index contributed by atoms with van der Waals surface area (Å²) in [6, 6.07) is 11.1. The molecule has 0 aliphatic rings. The summed E-state index contributed by atoms with van der Waals surface area (Å²) in [5.74, 6) is -1.95. The summed E-state index contributed by atoms with van der Waals surface area (Å²) in [7, 11) is 0. The van der Waals surface area contributed by atoms with Crippen LogP contribution in [0.2, 0.25) is 0 Å². The molecule has 0 aromatic heterocycles. The Labute approximate surface area is 151 Å². The number of hydrogen-bond acceptors (Lipinski definition) is 4. The van der Waals surface area contributed by atoms with Crippen LogP contribution in [0.1, 0.15) is 38.8 Å². The first kappa shape index (κ1) is 20.1. The van der Waals surface area contributed by atoms with Gasteiger partial charge >= 0.3 is 0 Å². The maximum atomic E-state index is 13.1. The fourth-order valence-electron chi connectivity index (χ4n) is 1.75. The Morgan fingerprint density at radius 3 is 1.72 bits per heavy atom. The first-order valence-electron chi connectivity index (χ1n) is 6.83. The van der Waals surface area contributed by atoms with E-state index in [9.17, 15) is 18.4 Å². The number of hydrogen-bond donors (Lipinski definition) is 0. The number of rotatable bonds is 3. The Kier molecular flexibility index (Phi) is 7.58. The minimum absolute atomic E-state index is 0.0101. The predicted molar refractivity (Wildman–Crippen MR) is 90.4 cm³/mol. The van der Waals surface area contributed by atoms with E-state index in [-0.39, 0.29) is 39.2 Å². The highest BCUT2D eigenvalue weighted by Gasteiger charge is 2.10. The molecular weight excluding hydrogens is 394 g/mol. The van der Waals surface area contributed by atoms with Crippen LogP contribution in [0.4, 0.5) is 8.78 Å². The maximum absolute atomic E-state index is 13.1. The second kappa shape index (κ2) is 9.41. The molecule has 0 N–H and O–H groups in total. The molecule has 0 saturated carbocycles. The molecule has 0 heterocycles. The van der Waals surface area contributed by atoms with Crippen LogP contribution < -0.4 is 0 Å². The van der Waals surface area contributed by atoms with Crippen molar-refractivity contribution >= 4 is 27.5 Å². The van der Waals surface area contributed by atoms with Crippen molar-refractivity contribution in [2.45, 2.75) is 6.92 Å². The molecule has 0 fully saturated rings. The topological polar surface area (TPSA) is 81.7 Å². The van der Waals surface area contributed by atoms with E-state index in [1.54, 1.807) is 12.1 Å². The van der Waals surface area contributed by atoms with Crippen LogP contribution in [-0.2, 0) is 0 Å². The number of halogens is 3. The molecule has 126 valence electrons. The lowest BCUT2D eigenvalue weighted by atomic mass is 10.1. The molecule has 0 bridgehead atoms. The van der Waals surface area contributed by atoms with Crippen molar-refractivity contribution in [2.75, 3.05) is 5.33 Å². The van der Waals surface area contributed by atoms with Crippen molar-refractivity contribution in [1.82, 2.24) is 0 Å². The molecule has 25 heavy (non-hydrogen) atoms. The predicted octanol–water partition coefficient (Wildman–Crippen LogP) is 4.17. The second-order valence-electron chi connectivity index (χ2n) is 4.73. The number of Topliss-reactive ketones (excluding diaryl/α,β-unsaturated/α-hetero) is 2. The van der Waals surface area contributed by atoms with Crippen molar-refractivity contribution in [1.29, 1.82) is 10.5 Å². The lowest BCUT2D eigenvalue weighted by molar-refractivity contribution is 0.100. The van der Waals surface area contributed by atoms with Crippen LogP contribution in [0.25, 0.3) is 0 Å². The standard InChI is InChI=1S/C9H5BrFNO.C9H6FNO/c10-4-9(13)7-2-1-6(5-12)3-8(7)11;1-6(12)8-3-2-7(5-11)4-9(8)10/h1-3H,4H2;2-4H,1H3. The Balaban J connectivity index is 0.000000251. The normalized spacial score (nSPS) is 9.20. The first-order chi connectivity index (χ1) is 11.8. The minimum atomic E-state index is -0.650. The number of nitriles is 2. The molecule has 7 heteroatoms. The van der Waals surface area contributed by atoms with E-state index in [1.165, 1.54) is 31.2 Å². The zero-order valence-electron chi connectivity index (χ0n) is 13.0. The summed E-state index contributed by atoms with van der Waals surface area (Å²) in [4.78, 5) is 21.8. The molecule has 0 amide bonds. The van der Waals surface area contributed by atoms with Gasteiger partial charge < -0.3 is 0 Å². The van der Waals surface area contributed by atoms with Crippen LogP contribution >= 0.6 is 15.9 Å². The van der Waals surface area contributed by atoms with E-state index < -0.39 is 11.6 Å². The largest absolute Gasteiger partial charge is 0.294 e. The number of nitrogens with zero attached hydrogens (tertiary/aromatic N) is 2. The van der Waals surface area contributed by atoms with E-state index in [1.807, 2.05) is 0 Å². The zero-order valence-corrected chi connectivity index (χ0v) is 14.6. The molecule has 0 aliphatic carbocycles. The number of carbonyl (C=O) groups is 2. The fourth-order valence-corrected chi connectivity index (χ4v) is 2.05. The van der Waals surface area contributed by atoms with Crippen LogP contribution in [0, 0.1) is 34.3 Å². The molecule has 0 unspecified atom stereocenters. The van der Waals surface area contributed by atoms with Gasteiger partial charge in [-0.2, -0.15) is 10.5 Å². The third kappa shape index (κ3) is 5.59. The monoisotopic (exact) mass is 404 g/mol. The fraction of sp³-hybridized carbons (Fsp3) is 0.111. The molecule has 2 aromatic rings. The third-order valence-electron chi connectivity index (χ3n) is 3.00. The summed E-state index contributed by atoms with van der Waals surface area (Å²) < 4.78 is 26.0. The first-order valence-corrected chi connectivity index (χ1v) is 7.95. The Morgan fingerprint density at radius 2 is 1.40 bits per heavy atom. The van der Waals surface area contributed by atoms with Gasteiger partial charge in [0.2, 0.25) is 0 Å². The van der Waals surface area contributed by atoms with Gasteiger partial charge in [-0.25, -0.2) is 8.78 Å². The van der Waals surface area contributed by atoms with E-state index in [0.29, 0.717) is 0 Å². The van der Waals surface area contributed by atoms with Crippen molar-refractivity contribution in [2.24, 2.45) is 0 Å². The molecule has 2 rings (SSSR count). The van der Waals surface area contributed by atoms with Crippen molar-refractivity contribution < 1.29 is 18.4 Å². The van der Waals surface area contributed by atoms with Crippen LogP contribution in [0.15, 0.2) is 36.4 Å². The summed E-state index contributed by atoms with van der Waals surface area (Å²) in [5, 5.41) is 16.9. The second-order valence-corrected chi connectivity index (χ2v) is 5.29. The van der Waals surface area contributed by atoms with Gasteiger partial charge in [-0.05, 0) is 43.3 Å². The van der Waals surface area contributed by atoms with Gasteiger partial charge in [0.1, 0.15) is 11.6 Å². The highest BCUT2D eigenvalue weighted by Crippen LogP contribution is 2.11. The van der Waals surface area contributed by atoms with Gasteiger partial charge in [0, 0.05) is 0 Å². The molecule has 0 aliphatic heterocycles. The van der Waals surface area contributed by atoms with Gasteiger partial charge in [0.15, 0.2) is 11.6 Å². The lowest BCUT2D eigenvalue weighted by Crippen LogP contribution is -2.03. The van der Waals surface area contributed by atoms with Crippen LogP contribution in [0.3, 0.4) is 0 Å². The summed E-state index contributed by atoms with van der Waals surface area (Å²) >= 11 is 2.94. The Bertz CT molecular complexity index is 899. The molecular formula is C18H11BrF2N2O2. The number of ketones is 2. The summed E-state index contributed by atoms with van der Waals surface area (Å²) in [6.45, 7) is 1.28. The van der Waals surface area contributed by atoms with Gasteiger partial charge in [-0.1, -0.05) is 15.9 Å². The van der Waals surface area contributed by atoms with Crippen molar-refractivity contribution in [3.05, 3.63) is 70.3 Å². The SMILES string of the molecule is CC(=O)c1ccc(C#N)cc1F.N#Cc1ccc(C(=O)CBr)c(F)c1. The average molecular weight is 405 g/mol. The molecule has 0 saturated heterocycles. The van der Waals surface area contributed by atoms with E-state index >= 15 is 0 Å². The van der Waals surface area contributed by atoms with Gasteiger partial charge in [0.05, 0.1) is 39.7 Å². The van der Waals surface area contributed by atoms with E-state index in [2.05, 4.69) is 15.9 Å². The smallest absolute Gasteiger partial charge is 0.176 e. The van der Waals surface area contributed by atoms with Crippen molar-refractivity contribution in [3.63, 3.8) is 0 Å². The highest BCUT2D eigenvalue weighted by atomic mass is 79.9. The van der Waals surface area contributed by atoms with Crippen molar-refractivity contribution in [3.8, 4) is 12.1 Å². The Hall–Kier alpha value is -2.90. The average Bonchev–Trinajstić information content (AvgIpc) is 2.60. The lowest BCUT2D eigenvalue weighted by Gasteiger charge is -1.98. The third-order valence-corrected chi connectivity index (χ3v) is 3.51. The quantitative estimate of drug-likeness (QED) is 0.567. The summed E-state index contributed by atoms with van der Waals surface area (Å²) in [5.41, 5.74) is 0.464. The highest BCUT2D eigenvalue weighted by molar-refractivity contribution is 9.09. The van der Waals surface area contributed by atoms with E-state index in [0.717, 1.165) is 12.1 Å². The maximum Gasteiger partial charge on any atom is 0.176 e. The Morgan fingerprint density at radius 1 is 0.960 bits per heavy atom. The zero-order chi connectivity index (χ0) is 19.0. The van der Waals surface area contributed by atoms with Crippen LogP contribution in [0.5, 0.6) is 0 Å². The number of alkyl halides is 1. The molecule has 0 spiro atoms. The minimum Gasteiger partial charge on any atom is -0.294 e. The van der Waals surface area contributed by atoms with Gasteiger partial charge in [-0.3, -0.25) is 9.59 Å².